The number of imide groups is 1. The smallest absolute Gasteiger partial charge is 0.272 e. The van der Waals surface area contributed by atoms with E-state index in [1.807, 2.05) is 6.92 Å². The van der Waals surface area contributed by atoms with Crippen LogP contribution < -0.4 is 10.2 Å². The molecule has 1 aliphatic rings. The summed E-state index contributed by atoms with van der Waals surface area (Å²) in [6.45, 7) is 5.47. The van der Waals surface area contributed by atoms with E-state index in [0.717, 1.165) is 10.5 Å². The third kappa shape index (κ3) is 2.22. The standard InChI is InChI=1S/C12H10Cl2N2O2S/c1-3-6-7(13)4-8(10(19)9(6)14)16-5(2)11(17)15-12(16)18/h4,19H,2-3H2,1H3,(H,15,17,18). The maximum Gasteiger partial charge on any atom is 0.333 e. The maximum absolute atomic E-state index is 11.7. The highest BCUT2D eigenvalue weighted by Gasteiger charge is 2.34. The molecular formula is C12H10Cl2N2O2S. The van der Waals surface area contributed by atoms with E-state index < -0.39 is 11.9 Å². The first-order chi connectivity index (χ1) is 8.88. The van der Waals surface area contributed by atoms with Crippen LogP contribution in [0.5, 0.6) is 0 Å². The van der Waals surface area contributed by atoms with Gasteiger partial charge in [0.05, 0.1) is 10.7 Å². The van der Waals surface area contributed by atoms with Crippen molar-refractivity contribution in [2.75, 3.05) is 4.90 Å². The summed E-state index contributed by atoms with van der Waals surface area (Å²) in [6, 6.07) is 0.958. The second-order valence-corrected chi connectivity index (χ2v) is 5.15. The first kappa shape index (κ1) is 14.2. The van der Waals surface area contributed by atoms with Crippen LogP contribution in [0.15, 0.2) is 23.2 Å². The molecule has 1 aromatic rings. The molecule has 0 aromatic heterocycles. The van der Waals surface area contributed by atoms with E-state index >= 15 is 0 Å². The zero-order valence-corrected chi connectivity index (χ0v) is 12.4. The van der Waals surface area contributed by atoms with E-state index in [2.05, 4.69) is 24.5 Å². The Labute approximate surface area is 125 Å². The van der Waals surface area contributed by atoms with Gasteiger partial charge < -0.3 is 0 Å². The average Bonchev–Trinajstić information content (AvgIpc) is 2.59. The highest BCUT2D eigenvalue weighted by Crippen LogP contribution is 2.40. The number of hydrogen-bond acceptors (Lipinski definition) is 3. The van der Waals surface area contributed by atoms with Gasteiger partial charge in [-0.2, -0.15) is 0 Å². The zero-order valence-electron chi connectivity index (χ0n) is 9.96. The number of halogens is 2. The number of benzene rings is 1. The SMILES string of the molecule is C=C1C(=O)NC(=O)N1c1cc(Cl)c(CC)c(Cl)c1S. The lowest BCUT2D eigenvalue weighted by atomic mass is 10.1. The minimum Gasteiger partial charge on any atom is -0.272 e. The number of amides is 3. The molecule has 4 nitrogen and oxygen atoms in total. The summed E-state index contributed by atoms with van der Waals surface area (Å²) >= 11 is 16.6. The Balaban J connectivity index is 2.62. The van der Waals surface area contributed by atoms with Crippen molar-refractivity contribution in [3.63, 3.8) is 0 Å². The molecule has 0 bridgehead atoms. The van der Waals surface area contributed by atoms with Gasteiger partial charge in [-0.15, -0.1) is 12.6 Å². The molecule has 0 unspecified atom stereocenters. The van der Waals surface area contributed by atoms with Crippen molar-refractivity contribution in [3.8, 4) is 0 Å². The number of carbonyl (C=O) groups excluding carboxylic acids is 2. The number of carbonyl (C=O) groups is 2. The lowest BCUT2D eigenvalue weighted by Crippen LogP contribution is -2.27. The third-order valence-corrected chi connectivity index (χ3v) is 4.16. The molecule has 1 saturated heterocycles. The zero-order chi connectivity index (χ0) is 14.3. The predicted octanol–water partition coefficient (Wildman–Crippen LogP) is 3.41. The molecule has 1 heterocycles. The van der Waals surface area contributed by atoms with Crippen molar-refractivity contribution in [2.24, 2.45) is 0 Å². The van der Waals surface area contributed by atoms with Gasteiger partial charge in [0.1, 0.15) is 5.70 Å². The summed E-state index contributed by atoms with van der Waals surface area (Å²) in [7, 11) is 0. The number of thiol groups is 1. The van der Waals surface area contributed by atoms with Crippen LogP contribution in [0.25, 0.3) is 0 Å². The van der Waals surface area contributed by atoms with E-state index in [0.29, 0.717) is 27.0 Å². The molecule has 0 atom stereocenters. The molecule has 3 amide bonds. The Kier molecular flexibility index (Phi) is 3.80. The van der Waals surface area contributed by atoms with Gasteiger partial charge in [0.2, 0.25) is 0 Å². The monoisotopic (exact) mass is 316 g/mol. The number of anilines is 1. The summed E-state index contributed by atoms with van der Waals surface area (Å²) in [4.78, 5) is 24.6. The molecule has 0 aliphatic carbocycles. The Morgan fingerprint density at radius 1 is 1.42 bits per heavy atom. The van der Waals surface area contributed by atoms with E-state index in [1.165, 1.54) is 0 Å². The van der Waals surface area contributed by atoms with Crippen LogP contribution in [0.2, 0.25) is 10.0 Å². The van der Waals surface area contributed by atoms with Crippen LogP contribution in [0.4, 0.5) is 10.5 Å². The lowest BCUT2D eigenvalue weighted by Gasteiger charge is -2.19. The molecule has 100 valence electrons. The van der Waals surface area contributed by atoms with Crippen molar-refractivity contribution < 1.29 is 9.59 Å². The molecule has 2 rings (SSSR count). The van der Waals surface area contributed by atoms with Gasteiger partial charge in [-0.1, -0.05) is 36.7 Å². The summed E-state index contributed by atoms with van der Waals surface area (Å²) in [5, 5.41) is 2.92. The Morgan fingerprint density at radius 2 is 2.05 bits per heavy atom. The van der Waals surface area contributed by atoms with Gasteiger partial charge >= 0.3 is 6.03 Å². The van der Waals surface area contributed by atoms with Crippen molar-refractivity contribution in [1.29, 1.82) is 0 Å². The number of urea groups is 1. The quantitative estimate of drug-likeness (QED) is 0.499. The summed E-state index contributed by atoms with van der Waals surface area (Å²) in [5.41, 5.74) is 1.09. The first-order valence-electron chi connectivity index (χ1n) is 5.42. The van der Waals surface area contributed by atoms with Crippen LogP contribution >= 0.6 is 35.8 Å². The van der Waals surface area contributed by atoms with Crippen LogP contribution in [0, 0.1) is 0 Å². The van der Waals surface area contributed by atoms with Crippen LogP contribution in [0.1, 0.15) is 12.5 Å². The molecule has 1 aromatic carbocycles. The fraction of sp³-hybridized carbons (Fsp3) is 0.167. The minimum atomic E-state index is -0.596. The summed E-state index contributed by atoms with van der Waals surface area (Å²) in [6.07, 6.45) is 0.636. The predicted molar refractivity (Wildman–Crippen MR) is 78.2 cm³/mol. The number of nitrogens with zero attached hydrogens (tertiary/aromatic N) is 1. The molecule has 0 saturated carbocycles. The lowest BCUT2D eigenvalue weighted by molar-refractivity contribution is -0.115. The molecule has 19 heavy (non-hydrogen) atoms. The highest BCUT2D eigenvalue weighted by atomic mass is 35.5. The Hall–Kier alpha value is -1.17. The number of rotatable bonds is 2. The minimum absolute atomic E-state index is 0.0108. The molecule has 0 radical (unpaired) electrons. The van der Waals surface area contributed by atoms with Crippen molar-refractivity contribution >= 4 is 53.5 Å². The molecule has 1 aliphatic heterocycles. The maximum atomic E-state index is 11.7. The van der Waals surface area contributed by atoms with Gasteiger partial charge in [-0.3, -0.25) is 15.0 Å². The highest BCUT2D eigenvalue weighted by molar-refractivity contribution is 7.80. The van der Waals surface area contributed by atoms with E-state index in [-0.39, 0.29) is 5.70 Å². The topological polar surface area (TPSA) is 49.4 Å². The Bertz CT molecular complexity index is 616. The van der Waals surface area contributed by atoms with Crippen molar-refractivity contribution in [3.05, 3.63) is 34.0 Å². The van der Waals surface area contributed by atoms with E-state index in [1.54, 1.807) is 6.07 Å². The second-order valence-electron chi connectivity index (χ2n) is 3.91. The Morgan fingerprint density at radius 3 is 2.53 bits per heavy atom. The number of nitrogens with one attached hydrogen (secondary N) is 1. The van der Waals surface area contributed by atoms with Gasteiger partial charge in [-0.05, 0) is 18.1 Å². The van der Waals surface area contributed by atoms with Gasteiger partial charge in [-0.25, -0.2) is 4.79 Å². The molecule has 0 spiro atoms. The van der Waals surface area contributed by atoms with Crippen LogP contribution in [-0.4, -0.2) is 11.9 Å². The second kappa shape index (κ2) is 5.07. The molecule has 7 heteroatoms. The van der Waals surface area contributed by atoms with E-state index in [9.17, 15) is 9.59 Å². The van der Waals surface area contributed by atoms with E-state index in [4.69, 9.17) is 23.2 Å². The number of hydrogen-bond donors (Lipinski definition) is 2. The molecule has 1 fully saturated rings. The third-order valence-electron chi connectivity index (χ3n) is 2.82. The van der Waals surface area contributed by atoms with Crippen molar-refractivity contribution in [1.82, 2.24) is 5.32 Å². The largest absolute Gasteiger partial charge is 0.333 e. The molecular weight excluding hydrogens is 307 g/mol. The van der Waals surface area contributed by atoms with Gasteiger partial charge in [0.25, 0.3) is 5.91 Å². The van der Waals surface area contributed by atoms with Crippen LogP contribution in [0.3, 0.4) is 0 Å². The molecule has 1 N–H and O–H groups in total. The fourth-order valence-corrected chi connectivity index (χ4v) is 2.85. The summed E-state index contributed by atoms with van der Waals surface area (Å²) in [5.74, 6) is -0.551. The van der Waals surface area contributed by atoms with Crippen LogP contribution in [-0.2, 0) is 11.2 Å². The fourth-order valence-electron chi connectivity index (χ4n) is 1.83. The average molecular weight is 317 g/mol. The van der Waals surface area contributed by atoms with Gasteiger partial charge in [0.15, 0.2) is 0 Å². The first-order valence-corrected chi connectivity index (χ1v) is 6.63. The normalized spacial score (nSPS) is 15.2. The van der Waals surface area contributed by atoms with Gasteiger partial charge in [0, 0.05) is 9.92 Å². The summed E-state index contributed by atoms with van der Waals surface area (Å²) < 4.78 is 0. The van der Waals surface area contributed by atoms with Crippen molar-refractivity contribution in [2.45, 2.75) is 18.2 Å².